The molecule has 4 aliphatic rings. The van der Waals surface area contributed by atoms with E-state index in [9.17, 15) is 5.11 Å². The Kier molecular flexibility index (Phi) is 7.09. The molecule has 5 unspecified atom stereocenters. The molecule has 1 saturated carbocycles. The molecule has 5 atom stereocenters. The van der Waals surface area contributed by atoms with E-state index in [0.717, 1.165) is 61.4 Å². The third-order valence-electron chi connectivity index (χ3n) is 9.36. The third-order valence-corrected chi connectivity index (χ3v) is 9.36. The van der Waals surface area contributed by atoms with E-state index in [-0.39, 0.29) is 29.7 Å². The number of aromatic nitrogens is 2. The fourth-order valence-corrected chi connectivity index (χ4v) is 7.20. The second kappa shape index (κ2) is 10.5. The fraction of sp³-hybridized carbons (Fsp3) is 0.621. The lowest BCUT2D eigenvalue weighted by Gasteiger charge is -2.39. The van der Waals surface area contributed by atoms with Crippen LogP contribution in [0, 0.1) is 5.92 Å². The van der Waals surface area contributed by atoms with E-state index < -0.39 is 6.17 Å². The molecule has 0 bridgehead atoms. The van der Waals surface area contributed by atoms with Crippen LogP contribution in [0.3, 0.4) is 0 Å². The molecule has 3 fully saturated rings. The summed E-state index contributed by atoms with van der Waals surface area (Å²) in [7, 11) is 2.22. The molecule has 6 rings (SSSR count). The molecule has 37 heavy (non-hydrogen) atoms. The van der Waals surface area contributed by atoms with Gasteiger partial charge in [-0.05, 0) is 87.5 Å². The Labute approximate surface area is 219 Å². The summed E-state index contributed by atoms with van der Waals surface area (Å²) in [6.45, 7) is 6.53. The van der Waals surface area contributed by atoms with Crippen LogP contribution < -0.4 is 10.9 Å². The van der Waals surface area contributed by atoms with Gasteiger partial charge >= 0.3 is 0 Å². The van der Waals surface area contributed by atoms with E-state index in [1.165, 1.54) is 31.5 Å². The van der Waals surface area contributed by atoms with E-state index in [0.29, 0.717) is 6.04 Å². The molecule has 3 aliphatic heterocycles. The van der Waals surface area contributed by atoms with Gasteiger partial charge in [0.1, 0.15) is 17.7 Å². The lowest BCUT2D eigenvalue weighted by molar-refractivity contribution is 0.132. The lowest BCUT2D eigenvalue weighted by Crippen LogP contribution is -2.45. The number of phenolic OH excluding ortho intramolecular Hbond substituents is 1. The molecule has 4 heterocycles. The number of alkyl halides is 1. The summed E-state index contributed by atoms with van der Waals surface area (Å²) in [4.78, 5) is 13.5. The number of hydrogen-bond donors (Lipinski definition) is 4. The van der Waals surface area contributed by atoms with Crippen molar-refractivity contribution in [3.63, 3.8) is 0 Å². The number of rotatable bonds is 5. The first-order valence-corrected chi connectivity index (χ1v) is 14.2. The maximum absolute atomic E-state index is 15.9. The molecule has 1 aromatic carbocycles. The number of imidazole rings is 1. The Balaban J connectivity index is 1.13. The Morgan fingerprint density at radius 2 is 1.95 bits per heavy atom. The predicted molar refractivity (Wildman–Crippen MR) is 144 cm³/mol. The molecule has 1 aliphatic carbocycles. The highest BCUT2D eigenvalue weighted by atomic mass is 19.1. The van der Waals surface area contributed by atoms with Gasteiger partial charge in [0.25, 0.3) is 0 Å². The van der Waals surface area contributed by atoms with Crippen LogP contribution in [0.2, 0.25) is 0 Å². The molecule has 2 saturated heterocycles. The number of halogens is 1. The van der Waals surface area contributed by atoms with E-state index >= 15 is 4.39 Å². The Bertz CT molecular complexity index is 1130. The van der Waals surface area contributed by atoms with Crippen molar-refractivity contribution in [2.45, 2.75) is 75.7 Å². The number of nitrogens with one attached hydrogen (secondary N) is 3. The number of hydrazine groups is 1. The van der Waals surface area contributed by atoms with Crippen molar-refractivity contribution >= 4 is 5.57 Å². The number of piperidine rings is 1. The van der Waals surface area contributed by atoms with Gasteiger partial charge in [0.05, 0.1) is 24.0 Å². The number of H-pyrrole nitrogens is 1. The van der Waals surface area contributed by atoms with E-state index in [1.54, 1.807) is 12.1 Å². The lowest BCUT2D eigenvalue weighted by atomic mass is 9.71. The topological polar surface area (TPSA) is 79.5 Å². The smallest absolute Gasteiger partial charge is 0.125 e. The molecule has 7 nitrogen and oxygen atoms in total. The van der Waals surface area contributed by atoms with Gasteiger partial charge in [0.15, 0.2) is 0 Å². The number of hydrogen-bond acceptors (Lipinski definition) is 6. The van der Waals surface area contributed by atoms with Gasteiger partial charge in [-0.15, -0.1) is 0 Å². The highest BCUT2D eigenvalue weighted by Gasteiger charge is 2.48. The summed E-state index contributed by atoms with van der Waals surface area (Å²) in [5, 5.41) is 9.90. The summed E-state index contributed by atoms with van der Waals surface area (Å²) in [6, 6.07) is 5.77. The summed E-state index contributed by atoms with van der Waals surface area (Å²) < 4.78 is 15.9. The van der Waals surface area contributed by atoms with Crippen molar-refractivity contribution in [1.29, 1.82) is 0 Å². The molecule has 1 aromatic heterocycles. The highest BCUT2D eigenvalue weighted by molar-refractivity contribution is 5.64. The van der Waals surface area contributed by atoms with Crippen LogP contribution in [-0.2, 0) is 6.42 Å². The molecular weight excluding hydrogens is 467 g/mol. The minimum atomic E-state index is -0.996. The molecule has 0 radical (unpaired) electrons. The first-order valence-electron chi connectivity index (χ1n) is 14.2. The van der Waals surface area contributed by atoms with Crippen LogP contribution in [0.4, 0.5) is 4.39 Å². The van der Waals surface area contributed by atoms with E-state index in [4.69, 9.17) is 4.98 Å². The van der Waals surface area contributed by atoms with Crippen LogP contribution in [0.5, 0.6) is 5.75 Å². The number of likely N-dealkylation sites (tertiary alicyclic amines) is 1. The second-order valence-electron chi connectivity index (χ2n) is 11.5. The van der Waals surface area contributed by atoms with Crippen molar-refractivity contribution < 1.29 is 9.50 Å². The molecule has 200 valence electrons. The van der Waals surface area contributed by atoms with Crippen LogP contribution in [0.15, 0.2) is 30.5 Å². The average molecular weight is 509 g/mol. The van der Waals surface area contributed by atoms with Gasteiger partial charge in [-0.25, -0.2) is 14.8 Å². The monoisotopic (exact) mass is 508 g/mol. The van der Waals surface area contributed by atoms with E-state index in [2.05, 4.69) is 45.7 Å². The summed E-state index contributed by atoms with van der Waals surface area (Å²) >= 11 is 0. The average Bonchev–Trinajstić information content (AvgIpc) is 3.58. The number of aromatic hydroxyl groups is 1. The number of nitrogens with zero attached hydrogens (tertiary/aromatic N) is 3. The zero-order chi connectivity index (χ0) is 25.5. The second-order valence-corrected chi connectivity index (χ2v) is 11.5. The maximum Gasteiger partial charge on any atom is 0.125 e. The van der Waals surface area contributed by atoms with Gasteiger partial charge in [0, 0.05) is 31.0 Å². The van der Waals surface area contributed by atoms with Gasteiger partial charge in [-0.1, -0.05) is 19.1 Å². The number of phenols is 1. The molecule has 8 heteroatoms. The SMILES string of the molecule is CCc1cc(O)ccc1C1CCC2C(c3ncc(C4=CCCN(C5CCN(C)CC5)C4)[nH]3)NNC2C1F. The molecular formula is C29H41FN6O. The maximum atomic E-state index is 15.9. The van der Waals surface area contributed by atoms with Crippen LogP contribution >= 0.6 is 0 Å². The quantitative estimate of drug-likeness (QED) is 0.491. The summed E-state index contributed by atoms with van der Waals surface area (Å²) in [5.41, 5.74) is 11.2. The molecule has 2 aromatic rings. The van der Waals surface area contributed by atoms with Crippen molar-refractivity contribution in [2.24, 2.45) is 5.92 Å². The van der Waals surface area contributed by atoms with Crippen LogP contribution in [0.1, 0.15) is 73.6 Å². The van der Waals surface area contributed by atoms with E-state index in [1.807, 2.05) is 12.3 Å². The van der Waals surface area contributed by atoms with Crippen LogP contribution in [-0.4, -0.2) is 76.4 Å². The van der Waals surface area contributed by atoms with Gasteiger partial charge in [-0.2, -0.15) is 0 Å². The number of aromatic amines is 1. The highest BCUT2D eigenvalue weighted by Crippen LogP contribution is 2.45. The normalized spacial score (nSPS) is 31.9. The largest absolute Gasteiger partial charge is 0.508 e. The number of benzene rings is 1. The standard InChI is InChI=1S/C29H41FN6O/c1-3-18-15-21(37)6-7-22(18)23-8-9-24-27(26(23)30)33-34-28(24)29-31-16-25(32-29)19-5-4-12-36(17-19)20-10-13-35(2)14-11-20/h5-7,15-16,20,23-24,26-28,33-34,37H,3-4,8-14,17H2,1-2H3,(H,31,32). The molecule has 4 N–H and O–H groups in total. The fourth-order valence-electron chi connectivity index (χ4n) is 7.20. The zero-order valence-corrected chi connectivity index (χ0v) is 22.1. The van der Waals surface area contributed by atoms with Crippen molar-refractivity contribution in [1.82, 2.24) is 30.6 Å². The Morgan fingerprint density at radius 3 is 2.76 bits per heavy atom. The first-order chi connectivity index (χ1) is 18.0. The minimum absolute atomic E-state index is 0.0300. The third kappa shape index (κ3) is 4.85. The Hall–Kier alpha value is -2.26. The molecule has 0 amide bonds. The summed E-state index contributed by atoms with van der Waals surface area (Å²) in [5.74, 6) is 1.14. The minimum Gasteiger partial charge on any atom is -0.508 e. The van der Waals surface area contributed by atoms with Crippen molar-refractivity contribution in [3.05, 3.63) is 53.1 Å². The van der Waals surface area contributed by atoms with Gasteiger partial charge in [0.2, 0.25) is 0 Å². The van der Waals surface area contributed by atoms with Crippen molar-refractivity contribution in [3.8, 4) is 5.75 Å². The van der Waals surface area contributed by atoms with Gasteiger partial charge < -0.3 is 15.0 Å². The van der Waals surface area contributed by atoms with Crippen molar-refractivity contribution in [2.75, 3.05) is 33.2 Å². The zero-order valence-electron chi connectivity index (χ0n) is 22.1. The predicted octanol–water partition coefficient (Wildman–Crippen LogP) is 3.91. The first kappa shape index (κ1) is 25.0. The summed E-state index contributed by atoms with van der Waals surface area (Å²) in [6.07, 6.45) is 9.40. The van der Waals surface area contributed by atoms with Crippen LogP contribution in [0.25, 0.3) is 5.57 Å². The molecule has 0 spiro atoms. The number of aryl methyl sites for hydroxylation is 1. The van der Waals surface area contributed by atoms with Gasteiger partial charge in [-0.3, -0.25) is 10.3 Å². The number of fused-ring (bicyclic) bond motifs is 1. The Morgan fingerprint density at radius 1 is 1.11 bits per heavy atom.